The first-order valence-electron chi connectivity index (χ1n) is 14.0. The summed E-state index contributed by atoms with van der Waals surface area (Å²) in [4.78, 5) is 16.7. The highest BCUT2D eigenvalue weighted by Gasteiger charge is 2.28. The number of aryl methyl sites for hydroxylation is 1. The van der Waals surface area contributed by atoms with Gasteiger partial charge in [0.25, 0.3) is 0 Å². The third kappa shape index (κ3) is 6.34. The molecule has 43 heavy (non-hydrogen) atoms. The Morgan fingerprint density at radius 2 is 1.70 bits per heavy atom. The van der Waals surface area contributed by atoms with Gasteiger partial charge in [-0.2, -0.15) is 14.3 Å². The van der Waals surface area contributed by atoms with Crippen molar-refractivity contribution in [2.75, 3.05) is 36.4 Å². The Hall–Kier alpha value is -4.06. The summed E-state index contributed by atoms with van der Waals surface area (Å²) in [6.45, 7) is 4.51. The van der Waals surface area contributed by atoms with Gasteiger partial charge >= 0.3 is 0 Å². The quantitative estimate of drug-likeness (QED) is 0.245. The molecule has 3 heterocycles. The lowest BCUT2D eigenvalue weighted by atomic mass is 10.2. The molecular formula is C31H31ClFN7O2S. The minimum atomic E-state index is -3.63. The summed E-state index contributed by atoms with van der Waals surface area (Å²) < 4.78 is 43.7. The van der Waals surface area contributed by atoms with E-state index in [1.165, 1.54) is 16.4 Å². The Labute approximate surface area is 255 Å². The lowest BCUT2D eigenvalue weighted by molar-refractivity contribution is 0.433. The number of nitrogens with one attached hydrogen (secondary N) is 1. The highest BCUT2D eigenvalue weighted by atomic mass is 35.5. The highest BCUT2D eigenvalue weighted by molar-refractivity contribution is 7.89. The van der Waals surface area contributed by atoms with Gasteiger partial charge in [-0.05, 0) is 54.8 Å². The molecule has 222 valence electrons. The standard InChI is InChI=1S/C31H31ClFN7O2S/c1-22-7-13-26(14-8-22)43(41,42)40-16-4-15-38(17-18-40)31-36-29(34-19-23-9-11-25(33)12-10-23)28-30(37-31)39(21-35-28)20-24-5-2-3-6-27(24)32/h2-3,5-14,21H,4,15-20H2,1H3,(H,34,36,37). The predicted molar refractivity (Wildman–Crippen MR) is 166 cm³/mol. The summed E-state index contributed by atoms with van der Waals surface area (Å²) in [6.07, 6.45) is 2.33. The molecule has 0 radical (unpaired) electrons. The van der Waals surface area contributed by atoms with Crippen molar-refractivity contribution in [3.63, 3.8) is 0 Å². The van der Waals surface area contributed by atoms with Crippen molar-refractivity contribution in [3.05, 3.63) is 107 Å². The van der Waals surface area contributed by atoms with Gasteiger partial charge in [0, 0.05) is 37.7 Å². The molecule has 1 saturated heterocycles. The molecular weight excluding hydrogens is 589 g/mol. The van der Waals surface area contributed by atoms with Gasteiger partial charge in [-0.25, -0.2) is 17.8 Å². The summed E-state index contributed by atoms with van der Waals surface area (Å²) in [5, 5.41) is 4.01. The fraction of sp³-hybridized carbons (Fsp3) is 0.258. The van der Waals surface area contributed by atoms with Crippen LogP contribution in [0.5, 0.6) is 0 Å². The highest BCUT2D eigenvalue weighted by Crippen LogP contribution is 2.27. The number of nitrogens with zero attached hydrogens (tertiary/aromatic N) is 6. The van der Waals surface area contributed by atoms with E-state index >= 15 is 0 Å². The first-order chi connectivity index (χ1) is 20.8. The van der Waals surface area contributed by atoms with Gasteiger partial charge in [-0.3, -0.25) is 0 Å². The van der Waals surface area contributed by atoms with Crippen molar-refractivity contribution < 1.29 is 12.8 Å². The van der Waals surface area contributed by atoms with Crippen LogP contribution < -0.4 is 10.2 Å². The van der Waals surface area contributed by atoms with Crippen LogP contribution in [-0.4, -0.2) is 58.4 Å². The maximum atomic E-state index is 13.5. The lowest BCUT2D eigenvalue weighted by Crippen LogP contribution is -2.35. The zero-order valence-corrected chi connectivity index (χ0v) is 25.2. The number of halogens is 2. The van der Waals surface area contributed by atoms with Crippen molar-refractivity contribution in [1.82, 2.24) is 23.8 Å². The zero-order chi connectivity index (χ0) is 30.0. The van der Waals surface area contributed by atoms with Crippen LogP contribution in [0.25, 0.3) is 11.2 Å². The van der Waals surface area contributed by atoms with Crippen LogP contribution in [0.1, 0.15) is 23.1 Å². The van der Waals surface area contributed by atoms with E-state index in [1.807, 2.05) is 52.8 Å². The average molecular weight is 620 g/mol. The maximum Gasteiger partial charge on any atom is 0.243 e. The van der Waals surface area contributed by atoms with Crippen molar-refractivity contribution in [1.29, 1.82) is 0 Å². The Kier molecular flexibility index (Phi) is 8.29. The van der Waals surface area contributed by atoms with E-state index in [4.69, 9.17) is 21.6 Å². The monoisotopic (exact) mass is 619 g/mol. The maximum absolute atomic E-state index is 13.5. The SMILES string of the molecule is Cc1ccc(S(=O)(=O)N2CCCN(c3nc(NCc4ccc(F)cc4)c4ncn(Cc5ccccc5Cl)c4n3)CC2)cc1. The molecule has 6 rings (SSSR count). The van der Waals surface area contributed by atoms with Crippen LogP contribution in [-0.2, 0) is 23.1 Å². The minimum absolute atomic E-state index is 0.292. The molecule has 0 bridgehead atoms. The summed E-state index contributed by atoms with van der Waals surface area (Å²) in [5.41, 5.74) is 4.04. The Morgan fingerprint density at radius 3 is 2.47 bits per heavy atom. The van der Waals surface area contributed by atoms with E-state index < -0.39 is 10.0 Å². The molecule has 1 fully saturated rings. The Morgan fingerprint density at radius 1 is 0.930 bits per heavy atom. The minimum Gasteiger partial charge on any atom is -0.364 e. The van der Waals surface area contributed by atoms with E-state index in [0.29, 0.717) is 78.5 Å². The van der Waals surface area contributed by atoms with Crippen molar-refractivity contribution in [2.45, 2.75) is 31.3 Å². The summed E-state index contributed by atoms with van der Waals surface area (Å²) in [5.74, 6) is 0.716. The first kappa shape index (κ1) is 29.0. The molecule has 0 saturated carbocycles. The number of aromatic nitrogens is 4. The normalized spacial score (nSPS) is 14.6. The fourth-order valence-corrected chi connectivity index (χ4v) is 6.77. The summed E-state index contributed by atoms with van der Waals surface area (Å²) in [7, 11) is -3.63. The molecule has 2 aromatic heterocycles. The molecule has 1 aliphatic heterocycles. The number of anilines is 2. The average Bonchev–Trinajstić information content (AvgIpc) is 3.23. The van der Waals surface area contributed by atoms with Crippen LogP contribution in [0.15, 0.2) is 84.0 Å². The number of hydrogen-bond acceptors (Lipinski definition) is 7. The molecule has 0 spiro atoms. The first-order valence-corrected chi connectivity index (χ1v) is 15.9. The number of fused-ring (bicyclic) bond motifs is 1. The van der Waals surface area contributed by atoms with Gasteiger partial charge in [0.05, 0.1) is 17.8 Å². The Balaban J connectivity index is 1.31. The van der Waals surface area contributed by atoms with Crippen LogP contribution in [0.2, 0.25) is 5.02 Å². The van der Waals surface area contributed by atoms with Gasteiger partial charge in [-0.15, -0.1) is 0 Å². The van der Waals surface area contributed by atoms with Crippen LogP contribution in [0, 0.1) is 12.7 Å². The van der Waals surface area contributed by atoms with E-state index in [9.17, 15) is 12.8 Å². The molecule has 0 aliphatic carbocycles. The van der Waals surface area contributed by atoms with Gasteiger partial charge in [-0.1, -0.05) is 59.6 Å². The van der Waals surface area contributed by atoms with Crippen molar-refractivity contribution in [3.8, 4) is 0 Å². The number of sulfonamides is 1. The second-order valence-corrected chi connectivity index (χ2v) is 12.9. The van der Waals surface area contributed by atoms with E-state index in [0.717, 1.165) is 16.7 Å². The molecule has 1 N–H and O–H groups in total. The second-order valence-electron chi connectivity index (χ2n) is 10.5. The molecule has 5 aromatic rings. The number of imidazole rings is 1. The van der Waals surface area contributed by atoms with E-state index in [2.05, 4.69) is 10.3 Å². The van der Waals surface area contributed by atoms with Crippen molar-refractivity contribution >= 4 is 44.6 Å². The van der Waals surface area contributed by atoms with Gasteiger partial charge < -0.3 is 14.8 Å². The molecule has 3 aromatic carbocycles. The lowest BCUT2D eigenvalue weighted by Gasteiger charge is -2.22. The van der Waals surface area contributed by atoms with Crippen molar-refractivity contribution in [2.24, 2.45) is 0 Å². The van der Waals surface area contributed by atoms with Gasteiger partial charge in [0.2, 0.25) is 16.0 Å². The predicted octanol–water partition coefficient (Wildman–Crippen LogP) is 5.49. The smallest absolute Gasteiger partial charge is 0.243 e. The molecule has 0 amide bonds. The largest absolute Gasteiger partial charge is 0.364 e. The number of benzene rings is 3. The summed E-state index contributed by atoms with van der Waals surface area (Å²) >= 11 is 6.46. The van der Waals surface area contributed by atoms with E-state index in [-0.39, 0.29) is 5.82 Å². The van der Waals surface area contributed by atoms with Gasteiger partial charge in [0.1, 0.15) is 5.82 Å². The van der Waals surface area contributed by atoms with Crippen LogP contribution in [0.3, 0.4) is 0 Å². The van der Waals surface area contributed by atoms with E-state index in [1.54, 1.807) is 30.6 Å². The van der Waals surface area contributed by atoms with Gasteiger partial charge in [0.15, 0.2) is 17.0 Å². The molecule has 0 unspecified atom stereocenters. The Bertz CT molecular complexity index is 1850. The molecule has 0 atom stereocenters. The van der Waals surface area contributed by atoms with Crippen LogP contribution >= 0.6 is 11.6 Å². The number of hydrogen-bond donors (Lipinski definition) is 1. The third-order valence-corrected chi connectivity index (χ3v) is 9.80. The van der Waals surface area contributed by atoms with Crippen LogP contribution in [0.4, 0.5) is 16.2 Å². The fourth-order valence-electron chi connectivity index (χ4n) is 5.10. The third-order valence-electron chi connectivity index (χ3n) is 7.52. The molecule has 9 nitrogen and oxygen atoms in total. The second kappa shape index (κ2) is 12.3. The number of rotatable bonds is 8. The summed E-state index contributed by atoms with van der Waals surface area (Å²) in [6, 6.07) is 20.8. The zero-order valence-electron chi connectivity index (χ0n) is 23.6. The molecule has 1 aliphatic rings. The topological polar surface area (TPSA) is 96.3 Å². The molecule has 12 heteroatoms.